The lowest BCUT2D eigenvalue weighted by Gasteiger charge is -2.42. The zero-order chi connectivity index (χ0) is 28.3. The minimum absolute atomic E-state index is 0.0395. The standard InChI is InChI=1S/C31H38N6O4/c1-3-29(39)36-10-11-37(22(2)20-36)30-26-8-9-35(28-19-24(38)18-23-6-4-5-7-25(23)28)21-27(26)32-31(33-30)41-17-14-34-12-15-40-16-13-34/h3-7,18-19,22,38H,1,8-17,20-21H2,2H3/t22-/m0/s1. The van der Waals surface area contributed by atoms with E-state index in [1.165, 1.54) is 6.08 Å². The summed E-state index contributed by atoms with van der Waals surface area (Å²) in [6.07, 6.45) is 2.15. The number of ether oxygens (including phenoxy) is 2. The van der Waals surface area contributed by atoms with E-state index in [2.05, 4.69) is 34.3 Å². The maximum atomic E-state index is 12.3. The van der Waals surface area contributed by atoms with Gasteiger partial charge in [0.1, 0.15) is 18.2 Å². The number of anilines is 2. The van der Waals surface area contributed by atoms with Crippen LogP contribution in [0, 0.1) is 0 Å². The number of hydrogen-bond donors (Lipinski definition) is 1. The van der Waals surface area contributed by atoms with Crippen LogP contribution in [0.4, 0.5) is 11.5 Å². The SMILES string of the molecule is C=CC(=O)N1CCN(c2nc(OCCN3CCOCC3)nc3c2CCN(c2cc(O)cc4ccccc24)C3)[C@@H](C)C1. The van der Waals surface area contributed by atoms with Gasteiger partial charge in [0.25, 0.3) is 0 Å². The second-order valence-electron chi connectivity index (χ2n) is 10.9. The van der Waals surface area contributed by atoms with E-state index in [1.807, 2.05) is 29.2 Å². The number of phenols is 1. The molecule has 0 unspecified atom stereocenters. The summed E-state index contributed by atoms with van der Waals surface area (Å²) in [5.74, 6) is 1.11. The van der Waals surface area contributed by atoms with Crippen molar-refractivity contribution in [3.63, 3.8) is 0 Å². The molecule has 1 atom stereocenters. The summed E-state index contributed by atoms with van der Waals surface area (Å²) >= 11 is 0. The van der Waals surface area contributed by atoms with Crippen LogP contribution in [0.3, 0.4) is 0 Å². The highest BCUT2D eigenvalue weighted by Gasteiger charge is 2.32. The quantitative estimate of drug-likeness (QED) is 0.440. The summed E-state index contributed by atoms with van der Waals surface area (Å²) in [6, 6.07) is 12.2. The Hall–Kier alpha value is -3.89. The van der Waals surface area contributed by atoms with E-state index in [0.717, 1.165) is 79.3 Å². The van der Waals surface area contributed by atoms with Gasteiger partial charge in [0, 0.05) is 74.6 Å². The molecule has 6 rings (SSSR count). The first-order valence-electron chi connectivity index (χ1n) is 14.5. The molecule has 0 bridgehead atoms. The molecule has 3 aromatic rings. The van der Waals surface area contributed by atoms with Crippen LogP contribution < -0.4 is 14.5 Å². The molecule has 10 heteroatoms. The fourth-order valence-corrected chi connectivity index (χ4v) is 6.13. The zero-order valence-corrected chi connectivity index (χ0v) is 23.7. The summed E-state index contributed by atoms with van der Waals surface area (Å²) in [5.41, 5.74) is 3.06. The second-order valence-corrected chi connectivity index (χ2v) is 10.9. The summed E-state index contributed by atoms with van der Waals surface area (Å²) in [6.45, 7) is 13.6. The maximum absolute atomic E-state index is 12.3. The van der Waals surface area contributed by atoms with Crippen molar-refractivity contribution < 1.29 is 19.4 Å². The van der Waals surface area contributed by atoms with Gasteiger partial charge in [-0.25, -0.2) is 0 Å². The smallest absolute Gasteiger partial charge is 0.318 e. The Labute approximate surface area is 240 Å². The number of rotatable bonds is 7. The van der Waals surface area contributed by atoms with Crippen molar-refractivity contribution in [2.24, 2.45) is 0 Å². The van der Waals surface area contributed by atoms with Crippen molar-refractivity contribution in [1.82, 2.24) is 19.8 Å². The highest BCUT2D eigenvalue weighted by atomic mass is 16.5. The van der Waals surface area contributed by atoms with Gasteiger partial charge in [-0.05, 0) is 30.9 Å². The highest BCUT2D eigenvalue weighted by molar-refractivity contribution is 5.95. The molecule has 0 saturated carbocycles. The van der Waals surface area contributed by atoms with Crippen molar-refractivity contribution in [3.8, 4) is 11.8 Å². The lowest BCUT2D eigenvalue weighted by Crippen LogP contribution is -2.54. The third-order valence-corrected chi connectivity index (χ3v) is 8.32. The first-order chi connectivity index (χ1) is 20.0. The number of nitrogens with zero attached hydrogens (tertiary/aromatic N) is 6. The number of hydrogen-bond acceptors (Lipinski definition) is 9. The number of aromatic hydroxyl groups is 1. The van der Waals surface area contributed by atoms with Crippen molar-refractivity contribution >= 4 is 28.2 Å². The van der Waals surface area contributed by atoms with E-state index in [1.54, 1.807) is 6.07 Å². The fourth-order valence-electron chi connectivity index (χ4n) is 6.13. The van der Waals surface area contributed by atoms with Gasteiger partial charge < -0.3 is 29.3 Å². The normalized spacial score (nSPS) is 19.7. The highest BCUT2D eigenvalue weighted by Crippen LogP contribution is 2.37. The lowest BCUT2D eigenvalue weighted by atomic mass is 10.0. The van der Waals surface area contributed by atoms with Gasteiger partial charge in [0.2, 0.25) is 5.91 Å². The van der Waals surface area contributed by atoms with Crippen molar-refractivity contribution in [2.75, 3.05) is 75.4 Å². The Morgan fingerprint density at radius 3 is 2.78 bits per heavy atom. The molecule has 3 aliphatic rings. The van der Waals surface area contributed by atoms with Gasteiger partial charge >= 0.3 is 6.01 Å². The minimum atomic E-state index is -0.0395. The van der Waals surface area contributed by atoms with Crippen LogP contribution in [0.5, 0.6) is 11.8 Å². The lowest BCUT2D eigenvalue weighted by molar-refractivity contribution is -0.126. The third kappa shape index (κ3) is 5.80. The first-order valence-corrected chi connectivity index (χ1v) is 14.5. The monoisotopic (exact) mass is 558 g/mol. The molecule has 2 fully saturated rings. The van der Waals surface area contributed by atoms with Gasteiger partial charge in [-0.1, -0.05) is 30.8 Å². The summed E-state index contributed by atoms with van der Waals surface area (Å²) in [7, 11) is 0. The number of piperazine rings is 1. The van der Waals surface area contributed by atoms with Gasteiger partial charge in [0.15, 0.2) is 0 Å². The molecule has 41 heavy (non-hydrogen) atoms. The van der Waals surface area contributed by atoms with Gasteiger partial charge in [-0.15, -0.1) is 0 Å². The Morgan fingerprint density at radius 2 is 1.98 bits per heavy atom. The molecule has 216 valence electrons. The molecule has 1 aromatic heterocycles. The number of amides is 1. The van der Waals surface area contributed by atoms with Crippen LogP contribution in [0.2, 0.25) is 0 Å². The predicted molar refractivity (Wildman–Crippen MR) is 159 cm³/mol. The predicted octanol–water partition coefficient (Wildman–Crippen LogP) is 2.83. The van der Waals surface area contributed by atoms with Crippen molar-refractivity contribution in [2.45, 2.75) is 25.9 Å². The van der Waals surface area contributed by atoms with Gasteiger partial charge in [-0.2, -0.15) is 9.97 Å². The van der Waals surface area contributed by atoms with Crippen LogP contribution >= 0.6 is 0 Å². The van der Waals surface area contributed by atoms with E-state index in [-0.39, 0.29) is 17.7 Å². The fraction of sp³-hybridized carbons (Fsp3) is 0.452. The van der Waals surface area contributed by atoms with E-state index in [0.29, 0.717) is 38.8 Å². The largest absolute Gasteiger partial charge is 0.508 e. The summed E-state index contributed by atoms with van der Waals surface area (Å²) in [5, 5.41) is 12.6. The molecular formula is C31H38N6O4. The number of carbonyl (C=O) groups excluding carboxylic acids is 1. The van der Waals surface area contributed by atoms with Crippen LogP contribution in [0.1, 0.15) is 18.2 Å². The first kappa shape index (κ1) is 27.3. The van der Waals surface area contributed by atoms with E-state index >= 15 is 0 Å². The van der Waals surface area contributed by atoms with Gasteiger partial charge in [-0.3, -0.25) is 9.69 Å². The average Bonchev–Trinajstić information content (AvgIpc) is 3.00. The molecule has 0 radical (unpaired) electrons. The molecule has 0 aliphatic carbocycles. The number of phenolic OH excluding ortho intramolecular Hbond substituents is 1. The average molecular weight is 559 g/mol. The molecule has 1 N–H and O–H groups in total. The molecule has 2 saturated heterocycles. The second kappa shape index (κ2) is 11.9. The van der Waals surface area contributed by atoms with Crippen LogP contribution in [-0.4, -0.2) is 102 Å². The number of aromatic nitrogens is 2. The zero-order valence-electron chi connectivity index (χ0n) is 23.7. The van der Waals surface area contributed by atoms with E-state index < -0.39 is 0 Å². The van der Waals surface area contributed by atoms with Gasteiger partial charge in [0.05, 0.1) is 25.5 Å². The molecule has 4 heterocycles. The Balaban J connectivity index is 1.29. The minimum Gasteiger partial charge on any atom is -0.508 e. The topological polar surface area (TPSA) is 94.5 Å². The van der Waals surface area contributed by atoms with Crippen LogP contribution in [-0.2, 0) is 22.5 Å². The van der Waals surface area contributed by atoms with E-state index in [4.69, 9.17) is 19.4 Å². The molecule has 3 aliphatic heterocycles. The molecule has 0 spiro atoms. The maximum Gasteiger partial charge on any atom is 0.318 e. The Bertz CT molecular complexity index is 1430. The molecule has 1 amide bonds. The molecule has 2 aromatic carbocycles. The summed E-state index contributed by atoms with van der Waals surface area (Å²) < 4.78 is 11.6. The van der Waals surface area contributed by atoms with Crippen LogP contribution in [0.25, 0.3) is 10.8 Å². The Kier molecular flexibility index (Phi) is 7.93. The number of fused-ring (bicyclic) bond motifs is 2. The molecule has 10 nitrogen and oxygen atoms in total. The third-order valence-electron chi connectivity index (χ3n) is 8.32. The number of morpholine rings is 1. The van der Waals surface area contributed by atoms with Crippen molar-refractivity contribution in [1.29, 1.82) is 0 Å². The molecular weight excluding hydrogens is 520 g/mol. The van der Waals surface area contributed by atoms with Crippen molar-refractivity contribution in [3.05, 3.63) is 60.3 Å². The Morgan fingerprint density at radius 1 is 1.15 bits per heavy atom. The van der Waals surface area contributed by atoms with E-state index in [9.17, 15) is 9.90 Å². The van der Waals surface area contributed by atoms with Crippen LogP contribution in [0.15, 0.2) is 49.1 Å². The number of carbonyl (C=O) groups is 1. The summed E-state index contributed by atoms with van der Waals surface area (Å²) in [4.78, 5) is 30.9. The number of benzene rings is 2.